The second-order valence-electron chi connectivity index (χ2n) is 6.08. The van der Waals surface area contributed by atoms with E-state index in [1.807, 2.05) is 30.3 Å². The number of aliphatic imine (C=N–C) groups is 1. The Balaban J connectivity index is 1.59. The van der Waals surface area contributed by atoms with E-state index in [2.05, 4.69) is 25.9 Å². The molecule has 1 aliphatic rings. The van der Waals surface area contributed by atoms with Crippen molar-refractivity contribution in [3.05, 3.63) is 76.4 Å². The predicted molar refractivity (Wildman–Crippen MR) is 105 cm³/mol. The van der Waals surface area contributed by atoms with Crippen molar-refractivity contribution >= 4 is 44.6 Å². The number of fused-ring (bicyclic) bond motifs is 1. The lowest BCUT2D eigenvalue weighted by atomic mass is 10.1. The summed E-state index contributed by atoms with van der Waals surface area (Å²) >= 11 is 3.56. The van der Waals surface area contributed by atoms with Crippen LogP contribution in [-0.4, -0.2) is 17.9 Å². The van der Waals surface area contributed by atoms with Gasteiger partial charge in [-0.3, -0.25) is 4.98 Å². The molecule has 0 saturated heterocycles. The van der Waals surface area contributed by atoms with Gasteiger partial charge in [0.25, 0.3) is 0 Å². The molecule has 0 spiro atoms. The summed E-state index contributed by atoms with van der Waals surface area (Å²) in [5.74, 6) is 0. The molecule has 27 heavy (non-hydrogen) atoms. The average molecular weight is 432 g/mol. The predicted octanol–water partition coefficient (Wildman–Crippen LogP) is 5.87. The molecule has 3 nitrogen and oxygen atoms in total. The standard InChI is InChI=1S/C20H13BrF3N3/c21-17-11-27(16-7-5-15(6-8-16)20(22,23)24)12-26-19(17)14-4-3-13-2-1-9-25-18(13)10-14/h1-10,12H,11H2. The number of hydrogen-bond donors (Lipinski definition) is 0. The van der Waals surface area contributed by atoms with Crippen molar-refractivity contribution in [2.45, 2.75) is 6.18 Å². The molecular weight excluding hydrogens is 419 g/mol. The molecule has 1 aliphatic heterocycles. The molecule has 0 bridgehead atoms. The Labute approximate surface area is 162 Å². The van der Waals surface area contributed by atoms with Crippen molar-refractivity contribution in [3.8, 4) is 0 Å². The topological polar surface area (TPSA) is 28.5 Å². The highest BCUT2D eigenvalue weighted by molar-refractivity contribution is 9.11. The maximum Gasteiger partial charge on any atom is 0.416 e. The Hall–Kier alpha value is -2.67. The van der Waals surface area contributed by atoms with Crippen molar-refractivity contribution < 1.29 is 13.2 Å². The maximum absolute atomic E-state index is 12.7. The summed E-state index contributed by atoms with van der Waals surface area (Å²) in [6.07, 6.45) is -0.969. The lowest BCUT2D eigenvalue weighted by Gasteiger charge is -2.24. The van der Waals surface area contributed by atoms with Crippen LogP contribution in [0.4, 0.5) is 18.9 Å². The molecule has 0 radical (unpaired) electrons. The Kier molecular flexibility index (Phi) is 4.47. The number of alkyl halides is 3. The van der Waals surface area contributed by atoms with Gasteiger partial charge in [-0.15, -0.1) is 0 Å². The van der Waals surface area contributed by atoms with Crippen LogP contribution in [0, 0.1) is 0 Å². The quantitative estimate of drug-likeness (QED) is 0.507. The van der Waals surface area contributed by atoms with Crippen LogP contribution in [0.15, 0.2) is 70.3 Å². The lowest BCUT2D eigenvalue weighted by molar-refractivity contribution is -0.137. The summed E-state index contributed by atoms with van der Waals surface area (Å²) in [6.45, 7) is 0.477. The minimum Gasteiger partial charge on any atom is -0.327 e. The number of nitrogens with zero attached hydrogens (tertiary/aromatic N) is 3. The number of benzene rings is 2. The molecule has 2 heterocycles. The molecule has 4 rings (SSSR count). The van der Waals surface area contributed by atoms with E-state index in [0.717, 1.165) is 38.8 Å². The summed E-state index contributed by atoms with van der Waals surface area (Å²) in [7, 11) is 0. The SMILES string of the molecule is FC(F)(F)c1ccc(N2C=NC(c3ccc4cccnc4c3)=C(Br)C2)cc1. The molecule has 0 saturated carbocycles. The molecule has 0 fully saturated rings. The highest BCUT2D eigenvalue weighted by Gasteiger charge is 2.30. The monoisotopic (exact) mass is 431 g/mol. The van der Waals surface area contributed by atoms with Crippen LogP contribution in [0.3, 0.4) is 0 Å². The first-order valence-electron chi connectivity index (χ1n) is 8.14. The zero-order valence-corrected chi connectivity index (χ0v) is 15.5. The van der Waals surface area contributed by atoms with E-state index in [-0.39, 0.29) is 0 Å². The van der Waals surface area contributed by atoms with Gasteiger partial charge in [0.05, 0.1) is 29.7 Å². The molecule has 0 atom stereocenters. The lowest BCUT2D eigenvalue weighted by Crippen LogP contribution is -2.26. The van der Waals surface area contributed by atoms with Gasteiger partial charge in [0.2, 0.25) is 0 Å². The Morgan fingerprint density at radius 3 is 2.48 bits per heavy atom. The molecule has 0 N–H and O–H groups in total. The van der Waals surface area contributed by atoms with E-state index in [0.29, 0.717) is 12.2 Å². The highest BCUT2D eigenvalue weighted by atomic mass is 79.9. The van der Waals surface area contributed by atoms with Crippen molar-refractivity contribution in [1.82, 2.24) is 4.98 Å². The van der Waals surface area contributed by atoms with Crippen LogP contribution in [0.5, 0.6) is 0 Å². The molecule has 2 aromatic carbocycles. The number of pyridine rings is 1. The smallest absolute Gasteiger partial charge is 0.327 e. The number of hydrogen-bond acceptors (Lipinski definition) is 3. The summed E-state index contributed by atoms with van der Waals surface area (Å²) in [4.78, 5) is 10.6. The van der Waals surface area contributed by atoms with Crippen molar-refractivity contribution in [1.29, 1.82) is 0 Å². The third-order valence-electron chi connectivity index (χ3n) is 4.30. The van der Waals surface area contributed by atoms with Gasteiger partial charge in [-0.2, -0.15) is 13.2 Å². The van der Waals surface area contributed by atoms with E-state index in [1.54, 1.807) is 17.4 Å². The zero-order valence-electron chi connectivity index (χ0n) is 13.9. The van der Waals surface area contributed by atoms with E-state index in [4.69, 9.17) is 0 Å². The molecule has 0 amide bonds. The molecular formula is C20H13BrF3N3. The van der Waals surface area contributed by atoms with Crippen LogP contribution >= 0.6 is 15.9 Å². The van der Waals surface area contributed by atoms with Crippen molar-refractivity contribution in [2.75, 3.05) is 11.4 Å². The second-order valence-corrected chi connectivity index (χ2v) is 7.04. The summed E-state index contributed by atoms with van der Waals surface area (Å²) < 4.78 is 39.0. The second kappa shape index (κ2) is 6.81. The third kappa shape index (κ3) is 3.60. The van der Waals surface area contributed by atoms with Crippen LogP contribution in [0.1, 0.15) is 11.1 Å². The Morgan fingerprint density at radius 1 is 1.00 bits per heavy atom. The van der Waals surface area contributed by atoms with Crippen molar-refractivity contribution in [2.24, 2.45) is 4.99 Å². The minimum absolute atomic E-state index is 0.477. The van der Waals surface area contributed by atoms with E-state index < -0.39 is 11.7 Å². The van der Waals surface area contributed by atoms with Crippen LogP contribution in [0.2, 0.25) is 0 Å². The molecule has 7 heteroatoms. The van der Waals surface area contributed by atoms with Gasteiger partial charge in [0.15, 0.2) is 0 Å². The van der Waals surface area contributed by atoms with E-state index in [1.165, 1.54) is 12.1 Å². The first kappa shape index (κ1) is 17.7. The number of anilines is 1. The fourth-order valence-electron chi connectivity index (χ4n) is 2.91. The van der Waals surface area contributed by atoms with Gasteiger partial charge in [-0.1, -0.05) is 34.1 Å². The summed E-state index contributed by atoms with van der Waals surface area (Å²) in [6, 6.07) is 14.9. The average Bonchev–Trinajstić information content (AvgIpc) is 2.67. The number of halogens is 4. The summed E-state index contributed by atoms with van der Waals surface area (Å²) in [5.41, 5.74) is 2.56. The van der Waals surface area contributed by atoms with Gasteiger partial charge < -0.3 is 4.90 Å². The minimum atomic E-state index is -4.34. The molecule has 0 unspecified atom stereocenters. The van der Waals surface area contributed by atoms with Crippen LogP contribution in [0.25, 0.3) is 16.6 Å². The van der Waals surface area contributed by atoms with E-state index >= 15 is 0 Å². The summed E-state index contributed by atoms with van der Waals surface area (Å²) in [5, 5.41) is 1.05. The number of rotatable bonds is 2. The third-order valence-corrected chi connectivity index (χ3v) is 4.92. The Morgan fingerprint density at radius 2 is 1.78 bits per heavy atom. The normalized spacial score (nSPS) is 14.9. The molecule has 3 aromatic rings. The van der Waals surface area contributed by atoms with E-state index in [9.17, 15) is 13.2 Å². The first-order valence-corrected chi connectivity index (χ1v) is 8.93. The number of aromatic nitrogens is 1. The van der Waals surface area contributed by atoms with Gasteiger partial charge in [0, 0.05) is 27.3 Å². The van der Waals surface area contributed by atoms with Crippen molar-refractivity contribution in [3.63, 3.8) is 0 Å². The zero-order chi connectivity index (χ0) is 19.0. The molecule has 0 aliphatic carbocycles. The first-order chi connectivity index (χ1) is 12.9. The van der Waals surface area contributed by atoms with Gasteiger partial charge in [-0.25, -0.2) is 4.99 Å². The largest absolute Gasteiger partial charge is 0.416 e. The van der Waals surface area contributed by atoms with Gasteiger partial charge >= 0.3 is 6.18 Å². The highest BCUT2D eigenvalue weighted by Crippen LogP contribution is 2.33. The molecule has 1 aromatic heterocycles. The van der Waals surface area contributed by atoms with Gasteiger partial charge in [-0.05, 0) is 36.4 Å². The maximum atomic E-state index is 12.7. The molecule has 136 valence electrons. The Bertz CT molecular complexity index is 1060. The van der Waals surface area contributed by atoms with Crippen LogP contribution in [-0.2, 0) is 6.18 Å². The van der Waals surface area contributed by atoms with Gasteiger partial charge in [0.1, 0.15) is 0 Å². The fraction of sp³-hybridized carbons (Fsp3) is 0.100. The fourth-order valence-corrected chi connectivity index (χ4v) is 3.51. The van der Waals surface area contributed by atoms with Crippen LogP contribution < -0.4 is 4.90 Å².